The SMILES string of the molecule is CCCCC[C@@H](C(=O)NCNC(=O)c1ccc(-c2cc(OCC)cc(P(=O)(OCCCC)OCCCC)c2)o1)[C@@H](CC)N(C=O)OC(=O)c1ccc(F)cc1C(C)C. The van der Waals surface area contributed by atoms with Gasteiger partial charge in [-0.3, -0.25) is 18.9 Å². The van der Waals surface area contributed by atoms with Gasteiger partial charge in [0, 0.05) is 5.56 Å². The van der Waals surface area contributed by atoms with E-state index in [9.17, 15) is 28.1 Å². The third-order valence-electron chi connectivity index (χ3n) is 9.48. The summed E-state index contributed by atoms with van der Waals surface area (Å²) in [5, 5.41) is 6.54. The lowest BCUT2D eigenvalue weighted by atomic mass is 9.90. The molecule has 0 aliphatic carbocycles. The number of amides is 3. The molecule has 0 aliphatic heterocycles. The summed E-state index contributed by atoms with van der Waals surface area (Å²) in [6, 6.07) is 11.0. The molecule has 0 spiro atoms. The maximum absolute atomic E-state index is 14.1. The fourth-order valence-electron chi connectivity index (χ4n) is 6.29. The Labute approximate surface area is 342 Å². The van der Waals surface area contributed by atoms with Gasteiger partial charge in [-0.25, -0.2) is 9.18 Å². The van der Waals surface area contributed by atoms with E-state index in [1.807, 2.05) is 41.5 Å². The Hall–Kier alpha value is -4.52. The molecule has 1 aromatic heterocycles. The second kappa shape index (κ2) is 24.4. The Morgan fingerprint density at radius 3 is 2.17 bits per heavy atom. The molecule has 15 heteroatoms. The van der Waals surface area contributed by atoms with Gasteiger partial charge in [-0.15, -0.1) is 0 Å². The molecule has 2 atom stereocenters. The van der Waals surface area contributed by atoms with E-state index in [1.165, 1.54) is 18.2 Å². The van der Waals surface area contributed by atoms with Crippen LogP contribution in [0.1, 0.15) is 139 Å². The minimum Gasteiger partial charge on any atom is -0.494 e. The first kappa shape index (κ1) is 47.9. The predicted molar refractivity (Wildman–Crippen MR) is 220 cm³/mol. The van der Waals surface area contributed by atoms with Crippen LogP contribution in [0, 0.1) is 11.7 Å². The predicted octanol–water partition coefficient (Wildman–Crippen LogP) is 9.07. The number of nitrogens with one attached hydrogen (secondary N) is 2. The Morgan fingerprint density at radius 2 is 1.57 bits per heavy atom. The number of hydroxylamine groups is 2. The molecule has 1 heterocycles. The highest BCUT2D eigenvalue weighted by Crippen LogP contribution is 2.49. The van der Waals surface area contributed by atoms with E-state index in [2.05, 4.69) is 10.6 Å². The van der Waals surface area contributed by atoms with Gasteiger partial charge in [0.1, 0.15) is 17.3 Å². The summed E-state index contributed by atoms with van der Waals surface area (Å²) < 4.78 is 51.5. The molecule has 0 aliphatic rings. The zero-order chi connectivity index (χ0) is 42.7. The monoisotopic (exact) mass is 829 g/mol. The summed E-state index contributed by atoms with van der Waals surface area (Å²) in [5.41, 5.74) is 1.03. The van der Waals surface area contributed by atoms with Gasteiger partial charge in [0.25, 0.3) is 5.91 Å². The minimum absolute atomic E-state index is 0.0410. The van der Waals surface area contributed by atoms with Crippen LogP contribution in [-0.2, 0) is 28.0 Å². The van der Waals surface area contributed by atoms with Gasteiger partial charge < -0.3 is 33.7 Å². The highest BCUT2D eigenvalue weighted by Gasteiger charge is 2.34. The summed E-state index contributed by atoms with van der Waals surface area (Å²) in [6.45, 7) is 13.9. The lowest BCUT2D eigenvalue weighted by Crippen LogP contribution is -2.49. The van der Waals surface area contributed by atoms with Gasteiger partial charge in [-0.1, -0.05) is 73.6 Å². The van der Waals surface area contributed by atoms with E-state index >= 15 is 0 Å². The number of rotatable bonds is 27. The number of unbranched alkanes of at least 4 members (excludes halogenated alkanes) is 4. The molecule has 13 nitrogen and oxygen atoms in total. The average molecular weight is 830 g/mol. The van der Waals surface area contributed by atoms with Crippen molar-refractivity contribution >= 4 is 37.1 Å². The highest BCUT2D eigenvalue weighted by molar-refractivity contribution is 7.62. The number of furan rings is 1. The van der Waals surface area contributed by atoms with Gasteiger partial charge in [0.15, 0.2) is 5.76 Å². The topological polar surface area (TPSA) is 163 Å². The molecular weight excluding hydrogens is 768 g/mol. The van der Waals surface area contributed by atoms with Gasteiger partial charge in [-0.2, -0.15) is 5.06 Å². The molecule has 320 valence electrons. The minimum atomic E-state index is -3.73. The van der Waals surface area contributed by atoms with E-state index < -0.39 is 43.2 Å². The normalized spacial score (nSPS) is 12.5. The number of ether oxygens (including phenoxy) is 1. The molecular formula is C43H61FN3O10P. The Morgan fingerprint density at radius 1 is 0.879 bits per heavy atom. The molecule has 2 N–H and O–H groups in total. The van der Waals surface area contributed by atoms with Crippen LogP contribution >= 0.6 is 7.60 Å². The second-order valence-electron chi connectivity index (χ2n) is 14.2. The fraction of sp³-hybridized carbons (Fsp3) is 0.535. The molecule has 58 heavy (non-hydrogen) atoms. The molecule has 0 fully saturated rings. The summed E-state index contributed by atoms with van der Waals surface area (Å²) in [5.74, 6) is -2.71. The van der Waals surface area contributed by atoms with E-state index in [1.54, 1.807) is 31.2 Å². The number of hydrogen-bond acceptors (Lipinski definition) is 10. The maximum atomic E-state index is 14.1. The average Bonchev–Trinajstić information content (AvgIpc) is 3.71. The smallest absolute Gasteiger partial charge is 0.363 e. The zero-order valence-electron chi connectivity index (χ0n) is 35.0. The molecule has 0 saturated carbocycles. The van der Waals surface area contributed by atoms with Crippen LogP contribution in [-0.4, -0.2) is 61.8 Å². The van der Waals surface area contributed by atoms with Crippen molar-refractivity contribution in [2.75, 3.05) is 26.5 Å². The Balaban J connectivity index is 1.77. The summed E-state index contributed by atoms with van der Waals surface area (Å²) in [7, 11) is -3.73. The quantitative estimate of drug-likeness (QED) is 0.0249. The summed E-state index contributed by atoms with van der Waals surface area (Å²) in [6.07, 6.45) is 6.53. The van der Waals surface area contributed by atoms with Crippen LogP contribution in [0.3, 0.4) is 0 Å². The van der Waals surface area contributed by atoms with Crippen molar-refractivity contribution in [3.63, 3.8) is 0 Å². The van der Waals surface area contributed by atoms with E-state index in [0.29, 0.717) is 66.6 Å². The van der Waals surface area contributed by atoms with Crippen molar-refractivity contribution in [1.82, 2.24) is 15.7 Å². The molecule has 2 aromatic carbocycles. The van der Waals surface area contributed by atoms with Gasteiger partial charge >= 0.3 is 13.6 Å². The van der Waals surface area contributed by atoms with E-state index in [0.717, 1.165) is 36.8 Å². The number of halogens is 1. The number of nitrogens with zero attached hydrogens (tertiary/aromatic N) is 1. The Kier molecular flexibility index (Phi) is 20.1. The van der Waals surface area contributed by atoms with Crippen molar-refractivity contribution in [3.05, 3.63) is 71.2 Å². The maximum Gasteiger partial charge on any atom is 0.363 e. The molecule has 3 rings (SSSR count). The van der Waals surface area contributed by atoms with Crippen LogP contribution < -0.4 is 20.7 Å². The highest BCUT2D eigenvalue weighted by atomic mass is 31.2. The molecule has 0 saturated heterocycles. The van der Waals surface area contributed by atoms with Crippen LogP contribution in [0.4, 0.5) is 4.39 Å². The van der Waals surface area contributed by atoms with Crippen molar-refractivity contribution in [2.24, 2.45) is 5.92 Å². The first-order chi connectivity index (χ1) is 27.9. The third kappa shape index (κ3) is 13.8. The first-order valence-electron chi connectivity index (χ1n) is 20.4. The number of carbonyl (C=O) groups is 4. The zero-order valence-corrected chi connectivity index (χ0v) is 35.9. The van der Waals surface area contributed by atoms with Crippen molar-refractivity contribution in [2.45, 2.75) is 118 Å². The van der Waals surface area contributed by atoms with Crippen LogP contribution in [0.5, 0.6) is 5.75 Å². The summed E-state index contributed by atoms with van der Waals surface area (Å²) in [4.78, 5) is 58.1. The number of hydrogen-bond donors (Lipinski definition) is 2. The molecule has 3 aromatic rings. The van der Waals surface area contributed by atoms with Crippen LogP contribution in [0.25, 0.3) is 11.3 Å². The van der Waals surface area contributed by atoms with Gasteiger partial charge in [0.05, 0.1) is 49.3 Å². The molecule has 0 bridgehead atoms. The largest absolute Gasteiger partial charge is 0.494 e. The fourth-order valence-corrected chi connectivity index (χ4v) is 7.98. The van der Waals surface area contributed by atoms with E-state index in [4.69, 9.17) is 23.0 Å². The summed E-state index contributed by atoms with van der Waals surface area (Å²) >= 11 is 0. The number of benzene rings is 2. The lowest BCUT2D eigenvalue weighted by Gasteiger charge is -2.32. The molecule has 0 unspecified atom stereocenters. The van der Waals surface area contributed by atoms with Crippen LogP contribution in [0.15, 0.2) is 52.9 Å². The standard InChI is InChI=1S/C43H61FN3O10P/c1-8-13-16-17-36(38(11-4)47(29-48)57-43(51)35-19-18-32(44)26-37(35)30(6)7)41(49)45-28-46-42(50)40-21-20-39(56-40)31-24-33(53-12-5)27-34(25-31)58(52,54-22-14-9-2)55-23-15-10-3/h18-21,24-27,29-30,36,38H,8-17,22-23,28H2,1-7H3,(H,45,49)(H,46,50)/t36-,38-/m1/s1. The third-order valence-corrected chi connectivity index (χ3v) is 11.4. The van der Waals surface area contributed by atoms with Gasteiger partial charge in [-0.05, 0) is 92.6 Å². The van der Waals surface area contributed by atoms with Crippen molar-refractivity contribution < 1.29 is 51.2 Å². The van der Waals surface area contributed by atoms with Crippen molar-refractivity contribution in [3.8, 4) is 17.1 Å². The number of carbonyl (C=O) groups excluding carboxylic acids is 4. The first-order valence-corrected chi connectivity index (χ1v) is 22.0. The van der Waals surface area contributed by atoms with Crippen LogP contribution in [0.2, 0.25) is 0 Å². The molecule has 0 radical (unpaired) electrons. The molecule has 3 amide bonds. The van der Waals surface area contributed by atoms with E-state index in [-0.39, 0.29) is 43.5 Å². The lowest BCUT2D eigenvalue weighted by molar-refractivity contribution is -0.171. The van der Waals surface area contributed by atoms with Crippen molar-refractivity contribution in [1.29, 1.82) is 0 Å². The second-order valence-corrected chi connectivity index (χ2v) is 16.2. The van der Waals surface area contributed by atoms with Gasteiger partial charge in [0.2, 0.25) is 12.3 Å². The Bertz CT molecular complexity index is 1820.